The second kappa shape index (κ2) is 10.4. The molecule has 10 heteroatoms. The van der Waals surface area contributed by atoms with Gasteiger partial charge in [0.25, 0.3) is 0 Å². The Hall–Kier alpha value is -2.53. The van der Waals surface area contributed by atoms with Crippen LogP contribution in [0.25, 0.3) is 0 Å². The van der Waals surface area contributed by atoms with Gasteiger partial charge in [-0.25, -0.2) is 16.8 Å². The van der Waals surface area contributed by atoms with Crippen molar-refractivity contribution in [1.82, 2.24) is 14.2 Å². The first-order valence-corrected chi connectivity index (χ1v) is 14.5. The van der Waals surface area contributed by atoms with Gasteiger partial charge in [0.1, 0.15) is 5.76 Å². The number of hydrogen-bond acceptors (Lipinski definition) is 7. The Labute approximate surface area is 201 Å². The second-order valence-electron chi connectivity index (χ2n) is 8.52. The van der Waals surface area contributed by atoms with Crippen molar-refractivity contribution in [3.8, 4) is 0 Å². The molecule has 182 valence electrons. The van der Waals surface area contributed by atoms with Gasteiger partial charge in [0.2, 0.25) is 10.0 Å². The molecule has 8 nitrogen and oxygen atoms in total. The first-order valence-electron chi connectivity index (χ1n) is 11.2. The van der Waals surface area contributed by atoms with E-state index in [9.17, 15) is 16.8 Å². The number of aromatic nitrogens is 1. The van der Waals surface area contributed by atoms with Gasteiger partial charge < -0.3 is 9.32 Å². The summed E-state index contributed by atoms with van der Waals surface area (Å²) < 4.78 is 58.3. The molecule has 0 atom stereocenters. The molecular weight excluding hydrogens is 474 g/mol. The van der Waals surface area contributed by atoms with Crippen LogP contribution in [0.5, 0.6) is 0 Å². The predicted octanol–water partition coefficient (Wildman–Crippen LogP) is 2.98. The van der Waals surface area contributed by atoms with Gasteiger partial charge in [-0.3, -0.25) is 4.98 Å². The molecule has 34 heavy (non-hydrogen) atoms. The second-order valence-corrected chi connectivity index (χ2v) is 12.4. The minimum absolute atomic E-state index is 0.0177. The van der Waals surface area contributed by atoms with E-state index in [1.807, 2.05) is 18.2 Å². The predicted molar refractivity (Wildman–Crippen MR) is 128 cm³/mol. The quantitative estimate of drug-likeness (QED) is 0.442. The maximum absolute atomic E-state index is 13.7. The smallest absolute Gasteiger partial charge is 0.243 e. The number of pyridine rings is 1. The fourth-order valence-electron chi connectivity index (χ4n) is 4.22. The zero-order valence-corrected chi connectivity index (χ0v) is 20.7. The van der Waals surface area contributed by atoms with Gasteiger partial charge in [0, 0.05) is 37.2 Å². The van der Waals surface area contributed by atoms with E-state index in [1.165, 1.54) is 34.8 Å². The summed E-state index contributed by atoms with van der Waals surface area (Å²) in [6.07, 6.45) is 6.57. The van der Waals surface area contributed by atoms with Crippen LogP contribution >= 0.6 is 0 Å². The van der Waals surface area contributed by atoms with Crippen molar-refractivity contribution in [3.05, 3.63) is 78.5 Å². The van der Waals surface area contributed by atoms with Crippen molar-refractivity contribution in [1.29, 1.82) is 0 Å². The molecule has 1 aliphatic heterocycles. The summed E-state index contributed by atoms with van der Waals surface area (Å²) in [5.41, 5.74) is 1.04. The lowest BCUT2D eigenvalue weighted by Crippen LogP contribution is -2.47. The van der Waals surface area contributed by atoms with Crippen molar-refractivity contribution in [2.75, 3.05) is 25.9 Å². The SMILES string of the molecule is CS(=O)(=O)c1cccc(S(=O)(=O)N(Cc2ccco2)C2CCN(CCc3ccccn3)CC2)c1. The van der Waals surface area contributed by atoms with Crippen LogP contribution < -0.4 is 0 Å². The van der Waals surface area contributed by atoms with Gasteiger partial charge in [-0.15, -0.1) is 0 Å². The maximum Gasteiger partial charge on any atom is 0.243 e. The molecular formula is C24H29N3O5S2. The Morgan fingerprint density at radius 1 is 1.00 bits per heavy atom. The van der Waals surface area contributed by atoms with Crippen LogP contribution in [0.4, 0.5) is 0 Å². The third kappa shape index (κ3) is 5.93. The highest BCUT2D eigenvalue weighted by Gasteiger charge is 2.35. The summed E-state index contributed by atoms with van der Waals surface area (Å²) in [6.45, 7) is 2.50. The summed E-state index contributed by atoms with van der Waals surface area (Å²) >= 11 is 0. The molecule has 2 aromatic heterocycles. The lowest BCUT2D eigenvalue weighted by molar-refractivity contribution is 0.153. The Morgan fingerprint density at radius 2 is 1.76 bits per heavy atom. The van der Waals surface area contributed by atoms with Gasteiger partial charge in [-0.05, 0) is 68.4 Å². The largest absolute Gasteiger partial charge is 0.468 e. The van der Waals surface area contributed by atoms with Crippen LogP contribution in [0.15, 0.2) is 81.3 Å². The van der Waals surface area contributed by atoms with E-state index in [-0.39, 0.29) is 22.4 Å². The highest BCUT2D eigenvalue weighted by Crippen LogP contribution is 2.28. The third-order valence-corrected chi connectivity index (χ3v) is 9.11. The highest BCUT2D eigenvalue weighted by atomic mass is 32.2. The number of piperidine rings is 1. The number of sulfone groups is 1. The van der Waals surface area contributed by atoms with Crippen LogP contribution in [0.2, 0.25) is 0 Å². The normalized spacial score (nSPS) is 16.2. The molecule has 0 bridgehead atoms. The topological polar surface area (TPSA) is 101 Å². The number of hydrogen-bond donors (Lipinski definition) is 0. The van der Waals surface area contributed by atoms with Gasteiger partial charge in [-0.2, -0.15) is 4.31 Å². The summed E-state index contributed by atoms with van der Waals surface area (Å²) in [4.78, 5) is 6.65. The molecule has 0 aliphatic carbocycles. The maximum atomic E-state index is 13.7. The van der Waals surface area contributed by atoms with E-state index in [0.717, 1.165) is 38.0 Å². The van der Waals surface area contributed by atoms with E-state index in [1.54, 1.807) is 18.3 Å². The number of likely N-dealkylation sites (tertiary alicyclic amines) is 1. The average molecular weight is 504 g/mol. The standard InChI is InChI=1S/C24H29N3O5S2/c1-33(28,29)23-8-4-9-24(18-23)34(30,31)27(19-22-7-5-17-32-22)21-11-15-26(16-12-21)14-10-20-6-2-3-13-25-20/h2-9,13,17-18,21H,10-12,14-16,19H2,1H3. The summed E-state index contributed by atoms with van der Waals surface area (Å²) in [5.74, 6) is 0.542. The Morgan fingerprint density at radius 3 is 2.41 bits per heavy atom. The summed E-state index contributed by atoms with van der Waals surface area (Å²) in [7, 11) is -7.49. The fraction of sp³-hybridized carbons (Fsp3) is 0.375. The molecule has 1 aliphatic rings. The first-order chi connectivity index (χ1) is 16.2. The highest BCUT2D eigenvalue weighted by molar-refractivity contribution is 7.91. The van der Waals surface area contributed by atoms with Gasteiger partial charge in [-0.1, -0.05) is 12.1 Å². The van der Waals surface area contributed by atoms with Crippen molar-refractivity contribution in [2.45, 2.75) is 41.6 Å². The van der Waals surface area contributed by atoms with Crippen LogP contribution in [0.1, 0.15) is 24.3 Å². The molecule has 1 aromatic carbocycles. The Bertz CT molecular complexity index is 1290. The first kappa shape index (κ1) is 24.6. The van der Waals surface area contributed by atoms with Crippen LogP contribution in [-0.2, 0) is 32.8 Å². The van der Waals surface area contributed by atoms with Crippen molar-refractivity contribution >= 4 is 19.9 Å². The minimum atomic E-state index is -3.95. The molecule has 1 fully saturated rings. The van der Waals surface area contributed by atoms with Crippen molar-refractivity contribution in [3.63, 3.8) is 0 Å². The molecule has 0 N–H and O–H groups in total. The monoisotopic (exact) mass is 503 g/mol. The van der Waals surface area contributed by atoms with Crippen molar-refractivity contribution in [2.24, 2.45) is 0 Å². The van der Waals surface area contributed by atoms with E-state index < -0.39 is 19.9 Å². The molecule has 0 saturated carbocycles. The minimum Gasteiger partial charge on any atom is -0.468 e. The lowest BCUT2D eigenvalue weighted by atomic mass is 10.0. The molecule has 1 saturated heterocycles. The van der Waals surface area contributed by atoms with Gasteiger partial charge in [0.05, 0.1) is 22.6 Å². The van der Waals surface area contributed by atoms with E-state index >= 15 is 0 Å². The van der Waals surface area contributed by atoms with Crippen molar-refractivity contribution < 1.29 is 21.3 Å². The molecule has 0 spiro atoms. The molecule has 0 amide bonds. The van der Waals surface area contributed by atoms with E-state index in [4.69, 9.17) is 4.42 Å². The molecule has 3 aromatic rings. The van der Waals surface area contributed by atoms with Crippen LogP contribution in [-0.4, -0.2) is 63.0 Å². The average Bonchev–Trinajstić information content (AvgIpc) is 3.35. The van der Waals surface area contributed by atoms with E-state index in [2.05, 4.69) is 9.88 Å². The fourth-order valence-corrected chi connectivity index (χ4v) is 6.66. The zero-order chi connectivity index (χ0) is 24.2. The molecule has 0 radical (unpaired) electrons. The zero-order valence-electron chi connectivity index (χ0n) is 19.1. The van der Waals surface area contributed by atoms with Crippen LogP contribution in [0, 0.1) is 0 Å². The van der Waals surface area contributed by atoms with Gasteiger partial charge >= 0.3 is 0 Å². The van der Waals surface area contributed by atoms with Gasteiger partial charge in [0.15, 0.2) is 9.84 Å². The number of sulfonamides is 1. The molecule has 4 rings (SSSR count). The third-order valence-electron chi connectivity index (χ3n) is 6.11. The number of benzene rings is 1. The number of furan rings is 1. The van der Waals surface area contributed by atoms with Crippen LogP contribution in [0.3, 0.4) is 0 Å². The summed E-state index contributed by atoms with van der Waals surface area (Å²) in [6, 6.07) is 14.7. The van der Waals surface area contributed by atoms with E-state index in [0.29, 0.717) is 18.6 Å². The Kier molecular flexibility index (Phi) is 7.51. The molecule has 3 heterocycles. The molecule has 0 unspecified atom stereocenters. The number of nitrogens with zero attached hydrogens (tertiary/aromatic N) is 3. The summed E-state index contributed by atoms with van der Waals surface area (Å²) in [5, 5.41) is 0. The Balaban J connectivity index is 1.52. The lowest BCUT2D eigenvalue weighted by Gasteiger charge is -2.37. The number of rotatable bonds is 9.